The molecule has 0 atom stereocenters. The molecule has 10 heavy (non-hydrogen) atoms. The number of pyridine rings is 1. The Morgan fingerprint density at radius 3 is 2.90 bits per heavy atom. The van der Waals surface area contributed by atoms with Gasteiger partial charge in [-0.3, -0.25) is 0 Å². The van der Waals surface area contributed by atoms with Crippen molar-refractivity contribution < 1.29 is 13.5 Å². The number of aromatic nitrogens is 1. The zero-order valence-corrected chi connectivity index (χ0v) is 4.92. The van der Waals surface area contributed by atoms with Crippen molar-refractivity contribution in [1.29, 1.82) is 0 Å². The zero-order valence-electron chi connectivity index (χ0n) is 4.92. The van der Waals surface area contributed by atoms with Crippen LogP contribution in [-0.2, 0) is 0 Å². The molecule has 2 nitrogen and oxygen atoms in total. The molecule has 1 heterocycles. The summed E-state index contributed by atoms with van der Waals surface area (Å²) < 4.78 is 26.8. The summed E-state index contributed by atoms with van der Waals surface area (Å²) in [6, 6.07) is 4.35. The summed E-state index contributed by atoms with van der Waals surface area (Å²) in [7, 11) is 0. The van der Waals surface area contributed by atoms with Gasteiger partial charge in [-0.2, -0.15) is 8.78 Å². The van der Waals surface area contributed by atoms with E-state index in [0.29, 0.717) is 0 Å². The van der Waals surface area contributed by atoms with Gasteiger partial charge in [0.05, 0.1) is 6.20 Å². The summed E-state index contributed by atoms with van der Waals surface area (Å²) >= 11 is 0. The molecule has 0 bridgehead atoms. The molecule has 0 saturated carbocycles. The summed E-state index contributed by atoms with van der Waals surface area (Å²) in [6.07, 6.45) is 2.36. The number of hydrogen-bond acceptors (Lipinski definition) is 2. The summed E-state index contributed by atoms with van der Waals surface area (Å²) in [5.74, 6) is -0.113. The highest BCUT2D eigenvalue weighted by molar-refractivity contribution is 5.08. The molecule has 1 aromatic heterocycles. The SMILES string of the molecule is FC(F)Oc1ccc[c]n1. The third kappa shape index (κ3) is 1.97. The molecule has 1 rings (SSSR count). The van der Waals surface area contributed by atoms with Crippen molar-refractivity contribution >= 4 is 0 Å². The molecule has 0 spiro atoms. The van der Waals surface area contributed by atoms with E-state index < -0.39 is 6.61 Å². The third-order valence-electron chi connectivity index (χ3n) is 0.794. The van der Waals surface area contributed by atoms with Crippen LogP contribution < -0.4 is 4.74 Å². The van der Waals surface area contributed by atoms with Crippen LogP contribution in [0, 0.1) is 6.20 Å². The van der Waals surface area contributed by atoms with E-state index in [2.05, 4.69) is 15.9 Å². The van der Waals surface area contributed by atoms with E-state index in [1.807, 2.05) is 0 Å². The highest BCUT2D eigenvalue weighted by Gasteiger charge is 2.02. The van der Waals surface area contributed by atoms with E-state index in [0.717, 1.165) is 0 Å². The fourth-order valence-electron chi connectivity index (χ4n) is 0.469. The van der Waals surface area contributed by atoms with E-state index >= 15 is 0 Å². The number of alkyl halides is 2. The molecule has 0 fully saturated rings. The van der Waals surface area contributed by atoms with Crippen molar-refractivity contribution in [2.45, 2.75) is 6.61 Å². The molecular weight excluding hydrogens is 140 g/mol. The predicted molar refractivity (Wildman–Crippen MR) is 29.7 cm³/mol. The lowest BCUT2D eigenvalue weighted by Gasteiger charge is -1.99. The topological polar surface area (TPSA) is 22.1 Å². The maximum atomic E-state index is 11.4. The number of rotatable bonds is 2. The quantitative estimate of drug-likeness (QED) is 0.627. The van der Waals surface area contributed by atoms with Crippen LogP contribution in [-0.4, -0.2) is 11.6 Å². The molecule has 0 saturated heterocycles. The first-order chi connectivity index (χ1) is 4.79. The highest BCUT2D eigenvalue weighted by atomic mass is 19.3. The maximum Gasteiger partial charge on any atom is 0.388 e. The molecule has 53 valence electrons. The smallest absolute Gasteiger partial charge is 0.388 e. The lowest BCUT2D eigenvalue weighted by Crippen LogP contribution is -2.02. The van der Waals surface area contributed by atoms with E-state index in [-0.39, 0.29) is 5.88 Å². The van der Waals surface area contributed by atoms with Crippen LogP contribution in [0.5, 0.6) is 5.88 Å². The Balaban J connectivity index is 2.59. The lowest BCUT2D eigenvalue weighted by molar-refractivity contribution is -0.0528. The first-order valence-corrected chi connectivity index (χ1v) is 2.57. The Kier molecular flexibility index (Phi) is 2.15. The van der Waals surface area contributed by atoms with Crippen molar-refractivity contribution in [2.24, 2.45) is 0 Å². The van der Waals surface area contributed by atoms with Gasteiger partial charge in [0.25, 0.3) is 0 Å². The number of nitrogens with zero attached hydrogens (tertiary/aromatic N) is 1. The summed E-state index contributed by atoms with van der Waals surface area (Å²) in [5.41, 5.74) is 0. The van der Waals surface area contributed by atoms with Gasteiger partial charge in [-0.05, 0) is 6.07 Å². The highest BCUT2D eigenvalue weighted by Crippen LogP contribution is 2.06. The summed E-state index contributed by atoms with van der Waals surface area (Å²) in [4.78, 5) is 3.39. The molecule has 0 aliphatic rings. The van der Waals surface area contributed by atoms with Gasteiger partial charge in [-0.25, -0.2) is 4.98 Å². The summed E-state index contributed by atoms with van der Waals surface area (Å²) in [6.45, 7) is -2.82. The van der Waals surface area contributed by atoms with Gasteiger partial charge in [0.1, 0.15) is 0 Å². The Bertz CT molecular complexity index is 190. The summed E-state index contributed by atoms with van der Waals surface area (Å²) in [5, 5.41) is 0. The Labute approximate surface area is 56.5 Å². The molecule has 4 heteroatoms. The number of hydrogen-bond donors (Lipinski definition) is 0. The van der Waals surface area contributed by atoms with Crippen molar-refractivity contribution in [2.75, 3.05) is 0 Å². The molecule has 0 unspecified atom stereocenters. The first kappa shape index (κ1) is 6.92. The normalized spacial score (nSPS) is 9.90. The van der Waals surface area contributed by atoms with Gasteiger partial charge in [0.2, 0.25) is 5.88 Å². The van der Waals surface area contributed by atoms with Gasteiger partial charge in [-0.15, -0.1) is 0 Å². The molecule has 0 aromatic carbocycles. The minimum atomic E-state index is -2.82. The van der Waals surface area contributed by atoms with E-state index in [1.54, 1.807) is 0 Å². The van der Waals surface area contributed by atoms with Crippen LogP contribution in [0.3, 0.4) is 0 Å². The van der Waals surface area contributed by atoms with Gasteiger partial charge in [-0.1, -0.05) is 6.07 Å². The molecular formula is C6H4F2NO. The number of ether oxygens (including phenoxy) is 1. The van der Waals surface area contributed by atoms with Crippen molar-refractivity contribution in [3.63, 3.8) is 0 Å². The number of halogens is 2. The van der Waals surface area contributed by atoms with Crippen LogP contribution in [0.25, 0.3) is 0 Å². The fourth-order valence-corrected chi connectivity index (χ4v) is 0.469. The second-order valence-corrected chi connectivity index (χ2v) is 1.48. The Morgan fingerprint density at radius 1 is 1.60 bits per heavy atom. The van der Waals surface area contributed by atoms with Gasteiger partial charge in [0.15, 0.2) is 0 Å². The van der Waals surface area contributed by atoms with Crippen molar-refractivity contribution in [3.8, 4) is 5.88 Å². The van der Waals surface area contributed by atoms with Gasteiger partial charge in [0, 0.05) is 6.07 Å². The average molecular weight is 144 g/mol. The second kappa shape index (κ2) is 3.10. The minimum absolute atomic E-state index is 0.113. The predicted octanol–water partition coefficient (Wildman–Crippen LogP) is 1.48. The first-order valence-electron chi connectivity index (χ1n) is 2.57. The van der Waals surface area contributed by atoms with Gasteiger partial charge < -0.3 is 4.74 Å². The van der Waals surface area contributed by atoms with Crippen molar-refractivity contribution in [3.05, 3.63) is 24.4 Å². The van der Waals surface area contributed by atoms with Crippen LogP contribution in [0.15, 0.2) is 18.2 Å². The lowest BCUT2D eigenvalue weighted by atomic mass is 10.5. The van der Waals surface area contributed by atoms with Gasteiger partial charge >= 0.3 is 6.61 Å². The van der Waals surface area contributed by atoms with Crippen LogP contribution >= 0.6 is 0 Å². The monoisotopic (exact) mass is 144 g/mol. The van der Waals surface area contributed by atoms with E-state index in [9.17, 15) is 8.78 Å². The van der Waals surface area contributed by atoms with Crippen LogP contribution in [0.4, 0.5) is 8.78 Å². The van der Waals surface area contributed by atoms with E-state index in [1.165, 1.54) is 18.2 Å². The average Bonchev–Trinajstić information content (AvgIpc) is 1.88. The second-order valence-electron chi connectivity index (χ2n) is 1.48. The Hall–Kier alpha value is -1.19. The van der Waals surface area contributed by atoms with Crippen molar-refractivity contribution in [1.82, 2.24) is 4.98 Å². The van der Waals surface area contributed by atoms with E-state index in [4.69, 9.17) is 0 Å². The zero-order chi connectivity index (χ0) is 7.40. The van der Waals surface area contributed by atoms with Crippen LogP contribution in [0.2, 0.25) is 0 Å². The minimum Gasteiger partial charge on any atom is -0.417 e. The van der Waals surface area contributed by atoms with Crippen LogP contribution in [0.1, 0.15) is 0 Å². The standard InChI is InChI=1S/C6H4F2NO/c7-6(8)10-5-3-1-2-4-9-5/h1-3,6H. The fraction of sp³-hybridized carbons (Fsp3) is 0.167. The molecule has 0 amide bonds. The molecule has 1 aromatic rings. The molecule has 0 aliphatic carbocycles. The molecule has 0 N–H and O–H groups in total. The molecule has 0 aliphatic heterocycles. The largest absolute Gasteiger partial charge is 0.417 e. The third-order valence-corrected chi connectivity index (χ3v) is 0.794. The molecule has 1 radical (unpaired) electrons. The Morgan fingerprint density at radius 2 is 2.40 bits per heavy atom. The maximum absolute atomic E-state index is 11.4.